The maximum Gasteiger partial charge on any atom is 0.226 e. The van der Waals surface area contributed by atoms with Crippen LogP contribution < -0.4 is 25.0 Å². The van der Waals surface area contributed by atoms with Gasteiger partial charge in [-0.05, 0) is 44.0 Å². The van der Waals surface area contributed by atoms with Gasteiger partial charge < -0.3 is 25.0 Å². The lowest BCUT2D eigenvalue weighted by atomic mass is 10.1. The highest BCUT2D eigenvalue weighted by molar-refractivity contribution is 5.92. The molecular formula is C23H31N3O3. The van der Waals surface area contributed by atoms with Crippen molar-refractivity contribution in [1.82, 2.24) is 5.32 Å². The molecule has 2 aromatic rings. The Morgan fingerprint density at radius 2 is 1.93 bits per heavy atom. The zero-order valence-electron chi connectivity index (χ0n) is 17.7. The van der Waals surface area contributed by atoms with Crippen LogP contribution in [0.5, 0.6) is 11.5 Å². The zero-order valence-corrected chi connectivity index (χ0v) is 17.7. The van der Waals surface area contributed by atoms with Crippen molar-refractivity contribution >= 4 is 17.3 Å². The largest absolute Gasteiger partial charge is 0.497 e. The zero-order chi connectivity index (χ0) is 20.8. The number of hydrogen-bond donors (Lipinski definition) is 2. The maximum absolute atomic E-state index is 12.5. The van der Waals surface area contributed by atoms with Crippen LogP contribution in [0, 0.1) is 0 Å². The molecule has 6 heteroatoms. The van der Waals surface area contributed by atoms with E-state index in [0.29, 0.717) is 29.6 Å². The van der Waals surface area contributed by atoms with Crippen molar-refractivity contribution in [2.45, 2.75) is 38.8 Å². The molecule has 0 fully saturated rings. The molecule has 2 aromatic carbocycles. The van der Waals surface area contributed by atoms with Crippen LogP contribution in [0.4, 0.5) is 11.4 Å². The third-order valence-corrected chi connectivity index (χ3v) is 5.39. The van der Waals surface area contributed by atoms with Gasteiger partial charge in [-0.25, -0.2) is 0 Å². The van der Waals surface area contributed by atoms with Gasteiger partial charge in [0.05, 0.1) is 19.9 Å². The molecule has 0 aromatic heterocycles. The Morgan fingerprint density at radius 3 is 2.69 bits per heavy atom. The molecule has 0 bridgehead atoms. The molecule has 0 saturated carbocycles. The Morgan fingerprint density at radius 1 is 1.14 bits per heavy atom. The number of rotatable bonds is 9. The number of nitrogens with zero attached hydrogens (tertiary/aromatic N) is 1. The van der Waals surface area contributed by atoms with Gasteiger partial charge in [-0.2, -0.15) is 0 Å². The molecule has 1 aliphatic heterocycles. The quantitative estimate of drug-likeness (QED) is 0.679. The van der Waals surface area contributed by atoms with Crippen molar-refractivity contribution < 1.29 is 14.3 Å². The van der Waals surface area contributed by atoms with Crippen LogP contribution in [0.25, 0.3) is 0 Å². The van der Waals surface area contributed by atoms with Gasteiger partial charge in [0.1, 0.15) is 11.5 Å². The van der Waals surface area contributed by atoms with Crippen molar-refractivity contribution in [2.75, 3.05) is 37.5 Å². The number of ether oxygens (including phenoxy) is 2. The Kier molecular flexibility index (Phi) is 6.99. The van der Waals surface area contributed by atoms with E-state index in [0.717, 1.165) is 19.5 Å². The minimum atomic E-state index is -0.0595. The Balaban J connectivity index is 1.50. The number of anilines is 2. The van der Waals surface area contributed by atoms with E-state index in [-0.39, 0.29) is 11.9 Å². The van der Waals surface area contributed by atoms with Gasteiger partial charge in [0.2, 0.25) is 5.91 Å². The van der Waals surface area contributed by atoms with Gasteiger partial charge in [0, 0.05) is 43.3 Å². The predicted molar refractivity (Wildman–Crippen MR) is 117 cm³/mol. The number of hydrogen-bond acceptors (Lipinski definition) is 5. The standard InChI is InChI=1S/C23H31N3O3/c1-16(13-23(27)25-20-14-19(28-3)9-10-22(20)29-4)24-15-17(2)26-12-11-18-7-5-6-8-21(18)26/h5-10,14,16-17,24H,11-13,15H2,1-4H3,(H,25,27). The predicted octanol–water partition coefficient (Wildman–Crippen LogP) is 3.46. The maximum atomic E-state index is 12.5. The van der Waals surface area contributed by atoms with Gasteiger partial charge in [0.15, 0.2) is 0 Å². The highest BCUT2D eigenvalue weighted by Gasteiger charge is 2.23. The van der Waals surface area contributed by atoms with Gasteiger partial charge in [-0.3, -0.25) is 4.79 Å². The summed E-state index contributed by atoms with van der Waals surface area (Å²) in [4.78, 5) is 14.9. The SMILES string of the molecule is COc1ccc(OC)c(NC(=O)CC(C)NCC(C)N2CCc3ccccc32)c1. The monoisotopic (exact) mass is 397 g/mol. The number of carbonyl (C=O) groups excluding carboxylic acids is 1. The number of benzene rings is 2. The smallest absolute Gasteiger partial charge is 0.226 e. The molecule has 2 unspecified atom stereocenters. The summed E-state index contributed by atoms with van der Waals surface area (Å²) < 4.78 is 10.6. The minimum Gasteiger partial charge on any atom is -0.497 e. The third-order valence-electron chi connectivity index (χ3n) is 5.39. The van der Waals surface area contributed by atoms with Gasteiger partial charge in [-0.15, -0.1) is 0 Å². The van der Waals surface area contributed by atoms with Crippen molar-refractivity contribution in [2.24, 2.45) is 0 Å². The van der Waals surface area contributed by atoms with E-state index in [4.69, 9.17) is 9.47 Å². The van der Waals surface area contributed by atoms with Crippen LogP contribution in [0.15, 0.2) is 42.5 Å². The second kappa shape index (κ2) is 9.65. The molecule has 6 nitrogen and oxygen atoms in total. The molecule has 2 N–H and O–H groups in total. The molecule has 0 spiro atoms. The van der Waals surface area contributed by atoms with Gasteiger partial charge >= 0.3 is 0 Å². The Labute approximate surface area is 173 Å². The third kappa shape index (κ3) is 5.21. The van der Waals surface area contributed by atoms with E-state index in [1.54, 1.807) is 32.4 Å². The molecule has 156 valence electrons. The number of nitrogens with one attached hydrogen (secondary N) is 2. The van der Waals surface area contributed by atoms with E-state index >= 15 is 0 Å². The van der Waals surface area contributed by atoms with Crippen molar-refractivity contribution in [1.29, 1.82) is 0 Å². The molecule has 3 rings (SSSR count). The Bertz CT molecular complexity index is 840. The summed E-state index contributed by atoms with van der Waals surface area (Å²) in [5.41, 5.74) is 3.36. The van der Waals surface area contributed by atoms with E-state index in [9.17, 15) is 4.79 Å². The summed E-state index contributed by atoms with van der Waals surface area (Å²) in [5.74, 6) is 1.23. The van der Waals surface area contributed by atoms with Crippen molar-refractivity contribution in [3.05, 3.63) is 48.0 Å². The first-order valence-electron chi connectivity index (χ1n) is 10.1. The number of amides is 1. The van der Waals surface area contributed by atoms with Crippen LogP contribution in [0.1, 0.15) is 25.8 Å². The fourth-order valence-electron chi connectivity index (χ4n) is 3.77. The van der Waals surface area contributed by atoms with Gasteiger partial charge in [0.25, 0.3) is 0 Å². The summed E-state index contributed by atoms with van der Waals surface area (Å²) in [7, 11) is 3.18. The topological polar surface area (TPSA) is 62.8 Å². The molecule has 29 heavy (non-hydrogen) atoms. The second-order valence-corrected chi connectivity index (χ2v) is 7.55. The van der Waals surface area contributed by atoms with Crippen LogP contribution in [-0.2, 0) is 11.2 Å². The minimum absolute atomic E-state index is 0.0595. The first-order valence-corrected chi connectivity index (χ1v) is 10.1. The van der Waals surface area contributed by atoms with Crippen LogP contribution in [-0.4, -0.2) is 45.3 Å². The fraction of sp³-hybridized carbons (Fsp3) is 0.435. The lowest BCUT2D eigenvalue weighted by Crippen LogP contribution is -2.43. The van der Waals surface area contributed by atoms with Crippen LogP contribution in [0.3, 0.4) is 0 Å². The van der Waals surface area contributed by atoms with Gasteiger partial charge in [-0.1, -0.05) is 18.2 Å². The molecule has 2 atom stereocenters. The van der Waals surface area contributed by atoms with Crippen LogP contribution in [0.2, 0.25) is 0 Å². The Hall–Kier alpha value is -2.73. The average Bonchev–Trinajstić information content (AvgIpc) is 3.16. The molecule has 1 heterocycles. The summed E-state index contributed by atoms with van der Waals surface area (Å²) in [6, 6.07) is 14.4. The molecule has 1 aliphatic rings. The lowest BCUT2D eigenvalue weighted by Gasteiger charge is -2.28. The summed E-state index contributed by atoms with van der Waals surface area (Å²) in [6.45, 7) is 6.13. The van der Waals surface area contributed by atoms with E-state index in [1.165, 1.54) is 11.3 Å². The van der Waals surface area contributed by atoms with Crippen molar-refractivity contribution in [3.8, 4) is 11.5 Å². The number of para-hydroxylation sites is 1. The van der Waals surface area contributed by atoms with E-state index in [1.807, 2.05) is 6.92 Å². The first-order chi connectivity index (χ1) is 14.0. The normalized spacial score (nSPS) is 14.8. The van der Waals surface area contributed by atoms with E-state index < -0.39 is 0 Å². The van der Waals surface area contributed by atoms with Crippen molar-refractivity contribution in [3.63, 3.8) is 0 Å². The first kappa shape index (κ1) is 21.0. The second-order valence-electron chi connectivity index (χ2n) is 7.55. The molecule has 0 radical (unpaired) electrons. The molecular weight excluding hydrogens is 366 g/mol. The average molecular weight is 398 g/mol. The molecule has 1 amide bonds. The highest BCUT2D eigenvalue weighted by atomic mass is 16.5. The number of fused-ring (bicyclic) bond motifs is 1. The summed E-state index contributed by atoms with van der Waals surface area (Å²) in [5, 5.41) is 6.43. The fourth-order valence-corrected chi connectivity index (χ4v) is 3.77. The number of carbonyl (C=O) groups is 1. The number of methoxy groups -OCH3 is 2. The lowest BCUT2D eigenvalue weighted by molar-refractivity contribution is -0.116. The summed E-state index contributed by atoms with van der Waals surface area (Å²) in [6.07, 6.45) is 1.48. The van der Waals surface area contributed by atoms with Crippen LogP contribution >= 0.6 is 0 Å². The molecule has 0 saturated heterocycles. The molecule has 0 aliphatic carbocycles. The summed E-state index contributed by atoms with van der Waals surface area (Å²) >= 11 is 0. The highest BCUT2D eigenvalue weighted by Crippen LogP contribution is 2.30. The van der Waals surface area contributed by atoms with E-state index in [2.05, 4.69) is 46.7 Å².